The van der Waals surface area contributed by atoms with E-state index in [2.05, 4.69) is 10.3 Å². The normalized spacial score (nSPS) is 11.5. The lowest BCUT2D eigenvalue weighted by molar-refractivity contribution is -0.146. The number of aryl methyl sites for hydroxylation is 1. The number of rotatable bonds is 5. The second-order valence-electron chi connectivity index (χ2n) is 5.41. The Morgan fingerprint density at radius 1 is 1.36 bits per heavy atom. The molecule has 0 aliphatic rings. The van der Waals surface area contributed by atoms with E-state index in [9.17, 15) is 9.59 Å². The summed E-state index contributed by atoms with van der Waals surface area (Å²) in [4.78, 5) is 29.1. The summed E-state index contributed by atoms with van der Waals surface area (Å²) in [6.45, 7) is 4.94. The van der Waals surface area contributed by atoms with Crippen LogP contribution in [-0.2, 0) is 4.79 Å². The zero-order valence-corrected chi connectivity index (χ0v) is 14.7. The minimum Gasteiger partial charge on any atom is -0.481 e. The maximum absolute atomic E-state index is 12.2. The molecule has 0 aliphatic heterocycles. The van der Waals surface area contributed by atoms with Crippen molar-refractivity contribution in [2.45, 2.75) is 20.8 Å². The molecule has 5 nitrogen and oxygen atoms in total. The van der Waals surface area contributed by atoms with Crippen molar-refractivity contribution in [1.82, 2.24) is 10.3 Å². The van der Waals surface area contributed by atoms with Crippen LogP contribution in [0.1, 0.15) is 29.2 Å². The van der Waals surface area contributed by atoms with Gasteiger partial charge in [-0.05, 0) is 32.9 Å². The Morgan fingerprint density at radius 3 is 2.59 bits per heavy atom. The summed E-state index contributed by atoms with van der Waals surface area (Å²) < 4.78 is 0.664. The molecule has 8 heteroatoms. The average molecular weight is 359 g/mol. The predicted molar refractivity (Wildman–Crippen MR) is 88.9 cm³/mol. The fourth-order valence-corrected chi connectivity index (χ4v) is 3.68. The number of carboxylic acid groups (broad SMARTS) is 1. The van der Waals surface area contributed by atoms with Gasteiger partial charge in [0.15, 0.2) is 0 Å². The van der Waals surface area contributed by atoms with Crippen molar-refractivity contribution < 1.29 is 14.7 Å². The molecule has 0 atom stereocenters. The first-order chi connectivity index (χ1) is 10.2. The lowest BCUT2D eigenvalue weighted by atomic mass is 9.94. The summed E-state index contributed by atoms with van der Waals surface area (Å²) in [7, 11) is 0. The van der Waals surface area contributed by atoms with Gasteiger partial charge >= 0.3 is 5.97 Å². The van der Waals surface area contributed by atoms with Gasteiger partial charge in [0.05, 0.1) is 20.3 Å². The van der Waals surface area contributed by atoms with Gasteiger partial charge < -0.3 is 10.4 Å². The number of aliphatic carboxylic acids is 1. The van der Waals surface area contributed by atoms with E-state index >= 15 is 0 Å². The average Bonchev–Trinajstić information content (AvgIpc) is 3.02. The molecule has 22 heavy (non-hydrogen) atoms. The van der Waals surface area contributed by atoms with Gasteiger partial charge in [0.25, 0.3) is 5.91 Å². The number of aromatic nitrogens is 1. The van der Waals surface area contributed by atoms with Crippen LogP contribution in [0.3, 0.4) is 0 Å². The highest BCUT2D eigenvalue weighted by atomic mass is 35.5. The van der Waals surface area contributed by atoms with E-state index < -0.39 is 11.4 Å². The first kappa shape index (κ1) is 16.9. The molecule has 0 radical (unpaired) electrons. The summed E-state index contributed by atoms with van der Waals surface area (Å²) in [5.41, 5.74) is -0.395. The number of thiazole rings is 1. The lowest BCUT2D eigenvalue weighted by Crippen LogP contribution is -2.38. The molecule has 0 aromatic carbocycles. The zero-order chi connectivity index (χ0) is 16.5. The number of halogens is 1. The minimum absolute atomic E-state index is 0.0542. The van der Waals surface area contributed by atoms with E-state index in [1.54, 1.807) is 26.8 Å². The molecule has 2 N–H and O–H groups in total. The number of hydrogen-bond donors (Lipinski definition) is 2. The van der Waals surface area contributed by atoms with Crippen LogP contribution in [-0.4, -0.2) is 28.5 Å². The third kappa shape index (κ3) is 3.66. The van der Waals surface area contributed by atoms with Gasteiger partial charge in [-0.25, -0.2) is 4.98 Å². The number of carbonyl (C=O) groups excluding carboxylic acids is 1. The van der Waals surface area contributed by atoms with Crippen LogP contribution in [0.15, 0.2) is 12.1 Å². The lowest BCUT2D eigenvalue weighted by Gasteiger charge is -2.19. The van der Waals surface area contributed by atoms with Crippen molar-refractivity contribution in [3.05, 3.63) is 27.0 Å². The molecule has 118 valence electrons. The molecule has 2 heterocycles. The van der Waals surface area contributed by atoms with E-state index in [1.165, 1.54) is 22.7 Å². The number of hydrogen-bond acceptors (Lipinski definition) is 5. The molecule has 2 aromatic heterocycles. The maximum atomic E-state index is 12.2. The van der Waals surface area contributed by atoms with Gasteiger partial charge in [-0.3, -0.25) is 9.59 Å². The van der Waals surface area contributed by atoms with Crippen molar-refractivity contribution in [3.8, 4) is 9.88 Å². The summed E-state index contributed by atoms with van der Waals surface area (Å²) in [5, 5.41) is 12.5. The van der Waals surface area contributed by atoms with E-state index in [-0.39, 0.29) is 12.5 Å². The highest BCUT2D eigenvalue weighted by Crippen LogP contribution is 2.34. The number of carboxylic acids is 1. The van der Waals surface area contributed by atoms with Crippen LogP contribution >= 0.6 is 34.3 Å². The SMILES string of the molecule is Cc1nc(-c2ccc(Cl)s2)sc1C(=O)NCC(C)(C)C(=O)O. The first-order valence-corrected chi connectivity index (χ1v) is 8.46. The van der Waals surface area contributed by atoms with E-state index in [0.29, 0.717) is 14.9 Å². The summed E-state index contributed by atoms with van der Waals surface area (Å²) in [6, 6.07) is 3.65. The van der Waals surface area contributed by atoms with Crippen LogP contribution < -0.4 is 5.32 Å². The Kier molecular flexibility index (Phi) is 4.89. The van der Waals surface area contributed by atoms with Crippen LogP contribution in [0, 0.1) is 12.3 Å². The molecule has 0 saturated carbocycles. The third-order valence-electron chi connectivity index (χ3n) is 3.06. The van der Waals surface area contributed by atoms with E-state index in [0.717, 1.165) is 9.88 Å². The van der Waals surface area contributed by atoms with Crippen molar-refractivity contribution in [3.63, 3.8) is 0 Å². The Hall–Kier alpha value is -1.44. The van der Waals surface area contributed by atoms with Crippen LogP contribution in [0.25, 0.3) is 9.88 Å². The fourth-order valence-electron chi connectivity index (χ4n) is 1.60. The smallest absolute Gasteiger partial charge is 0.310 e. The number of nitrogens with zero attached hydrogens (tertiary/aromatic N) is 1. The number of nitrogens with one attached hydrogen (secondary N) is 1. The molecule has 0 unspecified atom stereocenters. The van der Waals surface area contributed by atoms with Crippen molar-refractivity contribution in [1.29, 1.82) is 0 Å². The van der Waals surface area contributed by atoms with E-state index in [4.69, 9.17) is 16.7 Å². The number of amides is 1. The molecule has 1 amide bonds. The molecule has 2 rings (SSSR count). The van der Waals surface area contributed by atoms with Crippen LogP contribution in [0.2, 0.25) is 4.34 Å². The predicted octanol–water partition coefficient (Wildman–Crippen LogP) is 3.67. The highest BCUT2D eigenvalue weighted by molar-refractivity contribution is 7.24. The zero-order valence-electron chi connectivity index (χ0n) is 12.3. The molecule has 2 aromatic rings. The Labute approximate surface area is 141 Å². The van der Waals surface area contributed by atoms with Crippen LogP contribution in [0.4, 0.5) is 0 Å². The molecule has 0 fully saturated rings. The molecular weight excluding hydrogens is 344 g/mol. The molecule has 0 spiro atoms. The van der Waals surface area contributed by atoms with Crippen molar-refractivity contribution in [2.24, 2.45) is 5.41 Å². The topological polar surface area (TPSA) is 79.3 Å². The fraction of sp³-hybridized carbons (Fsp3) is 0.357. The Bertz CT molecular complexity index is 721. The largest absolute Gasteiger partial charge is 0.481 e. The van der Waals surface area contributed by atoms with Gasteiger partial charge in [0, 0.05) is 6.54 Å². The Balaban J connectivity index is 2.14. The van der Waals surface area contributed by atoms with Gasteiger partial charge in [0.1, 0.15) is 9.88 Å². The molecule has 0 saturated heterocycles. The second kappa shape index (κ2) is 6.36. The van der Waals surface area contributed by atoms with Gasteiger partial charge in [0.2, 0.25) is 0 Å². The highest BCUT2D eigenvalue weighted by Gasteiger charge is 2.28. The maximum Gasteiger partial charge on any atom is 0.310 e. The van der Waals surface area contributed by atoms with Gasteiger partial charge in [-0.1, -0.05) is 11.6 Å². The quantitative estimate of drug-likeness (QED) is 0.854. The van der Waals surface area contributed by atoms with Crippen LogP contribution in [0.5, 0.6) is 0 Å². The number of carbonyl (C=O) groups is 2. The molecular formula is C14H15ClN2O3S2. The standard InChI is InChI=1S/C14H15ClN2O3S2/c1-7-10(11(18)16-6-14(2,3)13(19)20)22-12(17-7)8-4-5-9(15)21-8/h4-5H,6H2,1-3H3,(H,16,18)(H,19,20). The number of thiophene rings is 1. The summed E-state index contributed by atoms with van der Waals surface area (Å²) in [5.74, 6) is -1.26. The third-order valence-corrected chi connectivity index (χ3v) is 5.61. The van der Waals surface area contributed by atoms with E-state index in [1.807, 2.05) is 6.07 Å². The van der Waals surface area contributed by atoms with Gasteiger partial charge in [-0.15, -0.1) is 22.7 Å². The van der Waals surface area contributed by atoms with Crippen molar-refractivity contribution >= 4 is 46.2 Å². The first-order valence-electron chi connectivity index (χ1n) is 6.45. The minimum atomic E-state index is -1.02. The summed E-state index contributed by atoms with van der Waals surface area (Å²) >= 11 is 8.58. The summed E-state index contributed by atoms with van der Waals surface area (Å²) in [6.07, 6.45) is 0. The molecule has 0 aliphatic carbocycles. The second-order valence-corrected chi connectivity index (χ2v) is 8.12. The monoisotopic (exact) mass is 358 g/mol. The Morgan fingerprint density at radius 2 is 2.05 bits per heavy atom. The van der Waals surface area contributed by atoms with Gasteiger partial charge in [-0.2, -0.15) is 0 Å². The molecule has 0 bridgehead atoms. The van der Waals surface area contributed by atoms with Crippen molar-refractivity contribution in [2.75, 3.05) is 6.54 Å².